The molecule has 1 aliphatic heterocycles. The van der Waals surface area contributed by atoms with E-state index in [-0.39, 0.29) is 61.8 Å². The molecule has 0 bridgehead atoms. The Bertz CT molecular complexity index is 2010. The highest BCUT2D eigenvalue weighted by Gasteiger charge is 2.66. The van der Waals surface area contributed by atoms with Gasteiger partial charge in [0.25, 0.3) is 0 Å². The van der Waals surface area contributed by atoms with Crippen LogP contribution in [0.5, 0.6) is 17.2 Å². The first-order valence-corrected chi connectivity index (χ1v) is 22.8. The molecule has 2 fully saturated rings. The van der Waals surface area contributed by atoms with Crippen molar-refractivity contribution >= 4 is 23.4 Å². The molecule has 9 nitrogen and oxygen atoms in total. The van der Waals surface area contributed by atoms with Crippen LogP contribution in [0.1, 0.15) is 95.6 Å². The summed E-state index contributed by atoms with van der Waals surface area (Å²) in [4.78, 5) is 24.1. The van der Waals surface area contributed by atoms with Crippen LogP contribution in [-0.2, 0) is 20.9 Å². The largest absolute Gasteiger partial charge is 0.459 e. The monoisotopic (exact) mass is 840 g/mol. The molecule has 0 saturated heterocycles. The van der Waals surface area contributed by atoms with Crippen molar-refractivity contribution in [3.63, 3.8) is 0 Å². The highest BCUT2D eigenvalue weighted by Crippen LogP contribution is 2.62. The number of amides is 1. The first-order chi connectivity index (χ1) is 29.0. The molecule has 322 valence electrons. The van der Waals surface area contributed by atoms with E-state index < -0.39 is 23.3 Å². The van der Waals surface area contributed by atoms with Crippen LogP contribution in [-0.4, -0.2) is 70.2 Å². The Morgan fingerprint density at radius 1 is 1.00 bits per heavy atom. The first kappa shape index (κ1) is 43.9. The summed E-state index contributed by atoms with van der Waals surface area (Å²) in [7, 11) is 0. The Labute approximate surface area is 359 Å². The number of unbranched alkanes of at least 4 members (excludes halogenated alkanes) is 2. The third-order valence-corrected chi connectivity index (χ3v) is 13.0. The maximum Gasteiger partial charge on any atom is 0.239 e. The lowest BCUT2D eigenvalue weighted by Gasteiger charge is -2.60. The average Bonchev–Trinajstić information content (AvgIpc) is 4.09. The molecule has 0 aromatic heterocycles. The zero-order chi connectivity index (χ0) is 42.4. The average molecular weight is 841 g/mol. The molecule has 0 spiro atoms. The lowest BCUT2D eigenvalue weighted by molar-refractivity contribution is -0.258. The number of ether oxygens (including phenoxy) is 3. The number of rotatable bonds is 19. The molecule has 3 aliphatic carbocycles. The molecule has 2 saturated carbocycles. The molecule has 6 atom stereocenters. The third kappa shape index (κ3) is 9.80. The van der Waals surface area contributed by atoms with Crippen LogP contribution in [0.25, 0.3) is 0 Å². The van der Waals surface area contributed by atoms with E-state index in [4.69, 9.17) is 24.2 Å². The summed E-state index contributed by atoms with van der Waals surface area (Å²) >= 11 is 1.67. The second kappa shape index (κ2) is 19.3. The summed E-state index contributed by atoms with van der Waals surface area (Å²) in [6, 6.07) is 19.7. The number of carbonyl (C=O) groups excluding carboxylic acids is 1. The smallest absolute Gasteiger partial charge is 0.239 e. The minimum atomic E-state index is -1.38. The molecule has 0 radical (unpaired) electrons. The minimum absolute atomic E-state index is 0.00814. The highest BCUT2D eigenvalue weighted by atomic mass is 32.2. The Balaban J connectivity index is 1.45. The maximum atomic E-state index is 14.8. The van der Waals surface area contributed by atoms with Crippen LogP contribution in [0.3, 0.4) is 0 Å². The maximum absolute atomic E-state index is 14.8. The van der Waals surface area contributed by atoms with Gasteiger partial charge in [0.1, 0.15) is 34.7 Å². The highest BCUT2D eigenvalue weighted by molar-refractivity contribution is 7.98. The number of aliphatic hydroxyl groups excluding tert-OH is 2. The predicted octanol–water partition coefficient (Wildman–Crippen LogP) is 10.2. The predicted molar refractivity (Wildman–Crippen MR) is 234 cm³/mol. The minimum Gasteiger partial charge on any atom is -0.459 e. The Hall–Kier alpha value is -4.16. The van der Waals surface area contributed by atoms with Gasteiger partial charge in [-0.3, -0.25) is 4.79 Å². The molecule has 7 rings (SSSR count). The van der Waals surface area contributed by atoms with E-state index in [1.54, 1.807) is 30.0 Å². The van der Waals surface area contributed by atoms with Gasteiger partial charge in [0.2, 0.25) is 11.7 Å². The van der Waals surface area contributed by atoms with Crippen molar-refractivity contribution in [1.82, 2.24) is 4.90 Å². The fourth-order valence-electron chi connectivity index (χ4n) is 9.38. The van der Waals surface area contributed by atoms with Crippen molar-refractivity contribution in [2.24, 2.45) is 28.8 Å². The molecule has 11 heteroatoms. The second-order valence-corrected chi connectivity index (χ2v) is 18.5. The van der Waals surface area contributed by atoms with Gasteiger partial charge in [-0.25, -0.2) is 4.39 Å². The molecule has 4 aliphatic rings. The van der Waals surface area contributed by atoms with E-state index in [2.05, 4.69) is 18.7 Å². The van der Waals surface area contributed by atoms with Crippen molar-refractivity contribution in [3.8, 4) is 17.2 Å². The summed E-state index contributed by atoms with van der Waals surface area (Å²) in [6.07, 6.45) is 12.7. The zero-order valence-corrected chi connectivity index (χ0v) is 36.3. The van der Waals surface area contributed by atoms with Crippen molar-refractivity contribution in [2.75, 3.05) is 26.1 Å². The van der Waals surface area contributed by atoms with Crippen LogP contribution in [0.4, 0.5) is 4.39 Å². The van der Waals surface area contributed by atoms with Crippen molar-refractivity contribution < 1.29 is 38.4 Å². The Morgan fingerprint density at radius 2 is 1.70 bits per heavy atom. The number of oxime groups is 1. The van der Waals surface area contributed by atoms with Crippen LogP contribution in [0, 0.1) is 29.5 Å². The first-order valence-electron chi connectivity index (χ1n) is 21.6. The number of benzene rings is 3. The molecule has 60 heavy (non-hydrogen) atoms. The number of hydrogen-bond acceptors (Lipinski definition) is 9. The second-order valence-electron chi connectivity index (χ2n) is 17.6. The number of hydrogen-bond donors (Lipinski definition) is 2. The standard InChI is InChI=1S/C49H61FN2O7S/c1-6-27-56-49-44(52(47(55)33-15-16-33)31-32-13-17-35(50)18-14-32)30-42(51-59-48(2,3)4)40-28-34(11-7-9-25-53)39(12-8-10-26-54)45(46(40)49)41-29-37(21-24-43(41)58-49)57-36-19-22-38(60-5)23-20-36/h6,13-14,17-24,28-29,33-34,39,44-46,53-54H,1,7-12,15-16,25-27,30-31H2,2-5H3. The van der Waals surface area contributed by atoms with E-state index in [1.807, 2.05) is 68.3 Å². The number of carbonyl (C=O) groups is 1. The van der Waals surface area contributed by atoms with E-state index in [9.17, 15) is 19.4 Å². The van der Waals surface area contributed by atoms with Gasteiger partial charge in [-0.2, -0.15) is 0 Å². The molecule has 3 aromatic rings. The number of nitrogens with zero attached hydrogens (tertiary/aromatic N) is 2. The van der Waals surface area contributed by atoms with Gasteiger partial charge in [0, 0.05) is 48.5 Å². The van der Waals surface area contributed by atoms with Gasteiger partial charge < -0.3 is 34.2 Å². The Kier molecular flexibility index (Phi) is 14.1. The van der Waals surface area contributed by atoms with E-state index in [0.29, 0.717) is 30.8 Å². The van der Waals surface area contributed by atoms with Gasteiger partial charge in [-0.1, -0.05) is 42.3 Å². The van der Waals surface area contributed by atoms with E-state index >= 15 is 0 Å². The van der Waals surface area contributed by atoms with E-state index in [0.717, 1.165) is 71.6 Å². The lowest BCUT2D eigenvalue weighted by atomic mass is 9.55. The number of fused-ring (bicyclic) bond motifs is 2. The van der Waals surface area contributed by atoms with Gasteiger partial charge in [0.15, 0.2) is 0 Å². The van der Waals surface area contributed by atoms with Crippen molar-refractivity contribution in [2.45, 2.75) is 113 Å². The molecular formula is C49H61FN2O7S. The van der Waals surface area contributed by atoms with E-state index in [1.165, 1.54) is 12.1 Å². The molecule has 3 aromatic carbocycles. The fourth-order valence-corrected chi connectivity index (χ4v) is 9.78. The summed E-state index contributed by atoms with van der Waals surface area (Å²) in [5.74, 6) is -0.263. The molecule has 1 heterocycles. The molecule has 6 unspecified atom stereocenters. The summed E-state index contributed by atoms with van der Waals surface area (Å²) < 4.78 is 35.3. The molecule has 1 amide bonds. The zero-order valence-electron chi connectivity index (χ0n) is 35.5. The van der Waals surface area contributed by atoms with Crippen molar-refractivity contribution in [1.29, 1.82) is 0 Å². The van der Waals surface area contributed by atoms with Gasteiger partial charge in [0.05, 0.1) is 18.2 Å². The summed E-state index contributed by atoms with van der Waals surface area (Å²) in [5.41, 5.74) is 2.90. The van der Waals surface area contributed by atoms with Gasteiger partial charge >= 0.3 is 0 Å². The Morgan fingerprint density at radius 3 is 2.35 bits per heavy atom. The van der Waals surface area contributed by atoms with Gasteiger partial charge in [-0.05, 0) is 143 Å². The number of aliphatic hydroxyl groups is 2. The van der Waals surface area contributed by atoms with Crippen molar-refractivity contribution in [3.05, 3.63) is 108 Å². The van der Waals surface area contributed by atoms with Crippen LogP contribution in [0.15, 0.2) is 101 Å². The SMILES string of the molecule is C=CCOC12Oc3ccc(Oc4ccc(SC)cc4)cc3C3C(CCCCO)C(CCCCO)C=C(C(=NOC(C)(C)C)CC1N(Cc1ccc(F)cc1)C(=O)C1CC1)C32. The van der Waals surface area contributed by atoms with Crippen LogP contribution >= 0.6 is 11.8 Å². The van der Waals surface area contributed by atoms with Gasteiger partial charge in [-0.15, -0.1) is 18.3 Å². The molecule has 2 N–H and O–H groups in total. The number of allylic oxidation sites excluding steroid dienone is 1. The van der Waals surface area contributed by atoms with Crippen LogP contribution in [0.2, 0.25) is 0 Å². The van der Waals surface area contributed by atoms with Crippen LogP contribution < -0.4 is 9.47 Å². The topological polar surface area (TPSA) is 110 Å². The lowest BCUT2D eigenvalue weighted by Crippen LogP contribution is -2.70. The molecular weight excluding hydrogens is 780 g/mol. The third-order valence-electron chi connectivity index (χ3n) is 12.2. The normalized spacial score (nSPS) is 25.1. The quantitative estimate of drug-likeness (QED) is 0.0532. The summed E-state index contributed by atoms with van der Waals surface area (Å²) in [5, 5.41) is 24.8. The number of halogens is 1. The fraction of sp³-hybridized carbons (Fsp3) is 0.510. The summed E-state index contributed by atoms with van der Waals surface area (Å²) in [6.45, 7) is 10.6. The number of thioether (sulfide) groups is 1.